The van der Waals surface area contributed by atoms with Crippen molar-refractivity contribution in [2.24, 2.45) is 0 Å². The van der Waals surface area contributed by atoms with E-state index < -0.39 is 10.0 Å². The molecule has 3 aromatic rings. The number of hydrogen-bond acceptors (Lipinski definition) is 6. The van der Waals surface area contributed by atoms with Crippen LogP contribution in [0.2, 0.25) is 0 Å². The summed E-state index contributed by atoms with van der Waals surface area (Å²) in [6.45, 7) is 1.64. The third-order valence-electron chi connectivity index (χ3n) is 5.68. The first-order chi connectivity index (χ1) is 16.3. The minimum atomic E-state index is -3.69. The van der Waals surface area contributed by atoms with Gasteiger partial charge in [0, 0.05) is 50.7 Å². The molecule has 1 atom stereocenters. The molecule has 34 heavy (non-hydrogen) atoms. The van der Waals surface area contributed by atoms with Crippen molar-refractivity contribution >= 4 is 38.6 Å². The lowest BCUT2D eigenvalue weighted by Gasteiger charge is -2.26. The Morgan fingerprint density at radius 2 is 1.91 bits per heavy atom. The zero-order valence-corrected chi connectivity index (χ0v) is 20.9. The minimum Gasteiger partial charge on any atom is -0.378 e. The number of ether oxygens (including phenoxy) is 1. The molecule has 1 amide bonds. The van der Waals surface area contributed by atoms with Crippen LogP contribution in [0.5, 0.6) is 0 Å². The molecule has 0 bridgehead atoms. The van der Waals surface area contributed by atoms with Gasteiger partial charge in [-0.25, -0.2) is 8.42 Å². The van der Waals surface area contributed by atoms with Crippen LogP contribution in [-0.2, 0) is 21.3 Å². The fourth-order valence-electron chi connectivity index (χ4n) is 3.89. The molecular weight excluding hydrogens is 470 g/mol. The van der Waals surface area contributed by atoms with Gasteiger partial charge in [-0.15, -0.1) is 11.3 Å². The smallest absolute Gasteiger partial charge is 0.271 e. The number of hydrogen-bond donors (Lipinski definition) is 1. The summed E-state index contributed by atoms with van der Waals surface area (Å²) in [7, 11) is 0.285. The van der Waals surface area contributed by atoms with Crippen LogP contribution < -0.4 is 9.62 Å². The highest BCUT2D eigenvalue weighted by atomic mass is 32.2. The summed E-state index contributed by atoms with van der Waals surface area (Å²) in [6.07, 6.45) is 1.92. The van der Waals surface area contributed by atoms with E-state index in [0.29, 0.717) is 30.9 Å². The number of sulfonamides is 1. The van der Waals surface area contributed by atoms with Gasteiger partial charge >= 0.3 is 0 Å². The number of nitrogens with zero attached hydrogens (tertiary/aromatic N) is 2. The number of carbonyl (C=O) groups excluding carboxylic acids is 1. The molecule has 2 heterocycles. The molecule has 1 saturated heterocycles. The summed E-state index contributed by atoms with van der Waals surface area (Å²) < 4.78 is 33.8. The summed E-state index contributed by atoms with van der Waals surface area (Å²) in [6, 6.07) is 18.0. The van der Waals surface area contributed by atoms with Crippen LogP contribution in [0.25, 0.3) is 0 Å². The molecule has 7 nitrogen and oxygen atoms in total. The maximum absolute atomic E-state index is 13.5. The van der Waals surface area contributed by atoms with Crippen LogP contribution in [0.3, 0.4) is 0 Å². The Hall–Kier alpha value is -2.88. The average molecular weight is 500 g/mol. The standard InChI is InChI=1S/C25H29N3O4S2/c1-27(2)22-12-10-19(11-13-22)17-28(18-23-8-4-14-32-23)25(29)20-6-3-7-21(16-20)26-34(30,31)24-9-5-15-33-24/h3,5-7,9-13,15-16,23,26H,4,8,14,17-18H2,1-2H3. The van der Waals surface area contributed by atoms with Gasteiger partial charge in [0.1, 0.15) is 4.21 Å². The Bertz CT molecular complexity index is 1200. The summed E-state index contributed by atoms with van der Waals surface area (Å²) in [5, 5.41) is 1.71. The van der Waals surface area contributed by atoms with Crippen molar-refractivity contribution in [2.75, 3.05) is 36.9 Å². The summed E-state index contributed by atoms with van der Waals surface area (Å²) >= 11 is 1.14. The van der Waals surface area contributed by atoms with Crippen molar-refractivity contribution in [2.45, 2.75) is 29.7 Å². The molecule has 1 aliphatic rings. The largest absolute Gasteiger partial charge is 0.378 e. The molecule has 0 radical (unpaired) electrons. The van der Waals surface area contributed by atoms with E-state index in [-0.39, 0.29) is 16.2 Å². The first-order valence-corrected chi connectivity index (χ1v) is 13.5. The Morgan fingerprint density at radius 3 is 2.56 bits per heavy atom. The highest BCUT2D eigenvalue weighted by Crippen LogP contribution is 2.23. The van der Waals surface area contributed by atoms with Crippen LogP contribution >= 0.6 is 11.3 Å². The fraction of sp³-hybridized carbons (Fsp3) is 0.320. The second-order valence-corrected chi connectivity index (χ2v) is 11.4. The number of thiophene rings is 1. The Balaban J connectivity index is 1.55. The van der Waals surface area contributed by atoms with Gasteiger partial charge in [0.2, 0.25) is 0 Å². The second-order valence-electron chi connectivity index (χ2n) is 8.50. The molecule has 1 N–H and O–H groups in total. The van der Waals surface area contributed by atoms with E-state index in [1.165, 1.54) is 0 Å². The third kappa shape index (κ3) is 5.97. The maximum atomic E-state index is 13.5. The van der Waals surface area contributed by atoms with E-state index in [1.54, 1.807) is 46.7 Å². The molecule has 0 spiro atoms. The maximum Gasteiger partial charge on any atom is 0.271 e. The monoisotopic (exact) mass is 499 g/mol. The van der Waals surface area contributed by atoms with Crippen molar-refractivity contribution < 1.29 is 17.9 Å². The van der Waals surface area contributed by atoms with Crippen molar-refractivity contribution in [3.8, 4) is 0 Å². The Morgan fingerprint density at radius 1 is 1.12 bits per heavy atom. The molecule has 1 aromatic heterocycles. The molecule has 2 aromatic carbocycles. The number of benzene rings is 2. The van der Waals surface area contributed by atoms with E-state index in [1.807, 2.05) is 43.3 Å². The van der Waals surface area contributed by atoms with Crippen LogP contribution in [0.4, 0.5) is 11.4 Å². The zero-order chi connectivity index (χ0) is 24.1. The fourth-order valence-corrected chi connectivity index (χ4v) is 5.94. The van der Waals surface area contributed by atoms with Crippen LogP contribution in [0.1, 0.15) is 28.8 Å². The van der Waals surface area contributed by atoms with Gasteiger partial charge in [-0.2, -0.15) is 0 Å². The van der Waals surface area contributed by atoms with E-state index >= 15 is 0 Å². The Kier molecular flexibility index (Phi) is 7.55. The van der Waals surface area contributed by atoms with Gasteiger partial charge in [0.15, 0.2) is 0 Å². The van der Waals surface area contributed by atoms with E-state index in [4.69, 9.17) is 4.74 Å². The van der Waals surface area contributed by atoms with Gasteiger partial charge in [-0.05, 0) is 60.2 Å². The van der Waals surface area contributed by atoms with Crippen LogP contribution in [0, 0.1) is 0 Å². The highest BCUT2D eigenvalue weighted by molar-refractivity contribution is 7.94. The molecule has 180 valence electrons. The third-order valence-corrected chi connectivity index (χ3v) is 8.46. The van der Waals surface area contributed by atoms with Gasteiger partial charge in [-0.3, -0.25) is 9.52 Å². The lowest BCUT2D eigenvalue weighted by molar-refractivity contribution is 0.0507. The minimum absolute atomic E-state index is 0.00510. The molecule has 1 aliphatic heterocycles. The highest BCUT2D eigenvalue weighted by Gasteiger charge is 2.24. The van der Waals surface area contributed by atoms with Gasteiger partial charge in [0.05, 0.1) is 6.10 Å². The summed E-state index contributed by atoms with van der Waals surface area (Å²) in [5.74, 6) is -0.163. The SMILES string of the molecule is CN(C)c1ccc(CN(CC2CCCO2)C(=O)c2cccc(NS(=O)(=O)c3cccs3)c2)cc1. The molecule has 0 saturated carbocycles. The quantitative estimate of drug-likeness (QED) is 0.471. The zero-order valence-electron chi connectivity index (χ0n) is 19.3. The summed E-state index contributed by atoms with van der Waals surface area (Å²) in [5.41, 5.74) is 2.89. The van der Waals surface area contributed by atoms with Crippen molar-refractivity contribution in [1.82, 2.24) is 4.90 Å². The lowest BCUT2D eigenvalue weighted by atomic mass is 10.1. The topological polar surface area (TPSA) is 79.0 Å². The van der Waals surface area contributed by atoms with Crippen LogP contribution in [-0.4, -0.2) is 52.6 Å². The lowest BCUT2D eigenvalue weighted by Crippen LogP contribution is -2.37. The predicted molar refractivity (Wildman–Crippen MR) is 136 cm³/mol. The predicted octanol–water partition coefficient (Wildman–Crippen LogP) is 4.44. The Labute approximate surface area is 205 Å². The number of nitrogens with one attached hydrogen (secondary N) is 1. The first kappa shape index (κ1) is 24.3. The van der Waals surface area contributed by atoms with E-state index in [9.17, 15) is 13.2 Å². The molecule has 1 unspecified atom stereocenters. The van der Waals surface area contributed by atoms with Crippen molar-refractivity contribution in [3.05, 3.63) is 77.2 Å². The van der Waals surface area contributed by atoms with E-state index in [0.717, 1.165) is 35.4 Å². The van der Waals surface area contributed by atoms with E-state index in [2.05, 4.69) is 4.72 Å². The molecule has 4 rings (SSSR count). The number of anilines is 2. The molecular formula is C25H29N3O4S2. The molecule has 1 fully saturated rings. The van der Waals surface area contributed by atoms with Gasteiger partial charge in [0.25, 0.3) is 15.9 Å². The first-order valence-electron chi connectivity index (χ1n) is 11.2. The normalized spacial score (nSPS) is 15.8. The van der Waals surface area contributed by atoms with Gasteiger partial charge < -0.3 is 14.5 Å². The van der Waals surface area contributed by atoms with Crippen LogP contribution in [0.15, 0.2) is 70.3 Å². The van der Waals surface area contributed by atoms with Crippen molar-refractivity contribution in [1.29, 1.82) is 0 Å². The number of rotatable bonds is 9. The second kappa shape index (κ2) is 10.6. The number of carbonyl (C=O) groups is 1. The number of amides is 1. The van der Waals surface area contributed by atoms with Crippen molar-refractivity contribution in [3.63, 3.8) is 0 Å². The average Bonchev–Trinajstić information content (AvgIpc) is 3.53. The summed E-state index contributed by atoms with van der Waals surface area (Å²) in [4.78, 5) is 17.4. The molecule has 9 heteroatoms. The molecule has 0 aliphatic carbocycles. The van der Waals surface area contributed by atoms with Gasteiger partial charge in [-0.1, -0.05) is 24.3 Å².